The highest BCUT2D eigenvalue weighted by atomic mass is 16.5. The van der Waals surface area contributed by atoms with Crippen LogP contribution in [0.3, 0.4) is 0 Å². The number of amides is 1. The van der Waals surface area contributed by atoms with Gasteiger partial charge in [0.1, 0.15) is 12.4 Å². The van der Waals surface area contributed by atoms with Crippen LogP contribution in [0.2, 0.25) is 0 Å². The molecule has 1 amide bonds. The Bertz CT molecular complexity index is 582. The van der Waals surface area contributed by atoms with Crippen LogP contribution in [0.1, 0.15) is 11.3 Å². The lowest BCUT2D eigenvalue weighted by molar-refractivity contribution is -0.109. The van der Waals surface area contributed by atoms with Crippen LogP contribution in [0.25, 0.3) is 6.08 Å². The molecule has 1 aromatic carbocycles. The molecule has 7 nitrogen and oxygen atoms in total. The minimum atomic E-state index is 0.360. The largest absolute Gasteiger partial charge is 0.483 e. The van der Waals surface area contributed by atoms with Crippen LogP contribution in [0, 0.1) is 0 Å². The monoisotopic (exact) mass is 304 g/mol. The highest BCUT2D eigenvalue weighted by Crippen LogP contribution is 2.31. The van der Waals surface area contributed by atoms with E-state index >= 15 is 0 Å². The average Bonchev–Trinajstić information content (AvgIpc) is 3.06. The predicted molar refractivity (Wildman–Crippen MR) is 85.6 cm³/mol. The Balaban J connectivity index is 0.000000541. The molecule has 1 aromatic heterocycles. The fourth-order valence-electron chi connectivity index (χ4n) is 1.68. The van der Waals surface area contributed by atoms with Gasteiger partial charge >= 0.3 is 0 Å². The standard InChI is InChI=1S/C14H16N2O2.CH4N2O/c1-3-11-6-4-8-13(16(2)15)14(11)18-10-12-7-5-9-17-12;2-3-1-4/h3-9H,1,10,15H2,2H3;1H,2H2,(H,3,4). The number of nitrogens with two attached hydrogens (primary N) is 2. The number of hydrazine groups is 2. The zero-order valence-electron chi connectivity index (χ0n) is 12.4. The Hall–Kier alpha value is -2.77. The van der Waals surface area contributed by atoms with Crippen molar-refractivity contribution in [3.63, 3.8) is 0 Å². The Morgan fingerprint density at radius 2 is 2.14 bits per heavy atom. The van der Waals surface area contributed by atoms with Crippen molar-refractivity contribution >= 4 is 18.2 Å². The summed E-state index contributed by atoms with van der Waals surface area (Å²) in [6, 6.07) is 9.42. The summed E-state index contributed by atoms with van der Waals surface area (Å²) in [5.41, 5.74) is 3.45. The zero-order valence-corrected chi connectivity index (χ0v) is 12.4. The van der Waals surface area contributed by atoms with Crippen LogP contribution >= 0.6 is 0 Å². The van der Waals surface area contributed by atoms with Gasteiger partial charge in [0.25, 0.3) is 0 Å². The van der Waals surface area contributed by atoms with E-state index in [-0.39, 0.29) is 0 Å². The Morgan fingerprint density at radius 3 is 2.64 bits per heavy atom. The topological polar surface area (TPSA) is 107 Å². The number of nitrogens with one attached hydrogen (secondary N) is 1. The highest BCUT2D eigenvalue weighted by Gasteiger charge is 2.10. The van der Waals surface area contributed by atoms with Crippen LogP contribution < -0.4 is 26.9 Å². The number of para-hydroxylation sites is 1. The van der Waals surface area contributed by atoms with Crippen molar-refractivity contribution in [1.82, 2.24) is 5.43 Å². The van der Waals surface area contributed by atoms with Crippen LogP contribution in [0.15, 0.2) is 47.6 Å². The molecular formula is C15H20N4O3. The number of carbonyl (C=O) groups is 1. The van der Waals surface area contributed by atoms with Gasteiger partial charge in [0.05, 0.1) is 12.0 Å². The number of furan rings is 1. The number of anilines is 1. The van der Waals surface area contributed by atoms with E-state index in [0.29, 0.717) is 18.8 Å². The normalized spacial score (nSPS) is 9.23. The number of rotatable bonds is 6. The van der Waals surface area contributed by atoms with Gasteiger partial charge in [0, 0.05) is 12.6 Å². The third kappa shape index (κ3) is 4.97. The first-order valence-electron chi connectivity index (χ1n) is 6.42. The van der Waals surface area contributed by atoms with Crippen molar-refractivity contribution in [1.29, 1.82) is 0 Å². The Labute approximate surface area is 129 Å². The molecule has 0 saturated carbocycles. The zero-order chi connectivity index (χ0) is 16.4. The first kappa shape index (κ1) is 17.3. The van der Waals surface area contributed by atoms with Gasteiger partial charge < -0.3 is 14.2 Å². The van der Waals surface area contributed by atoms with Gasteiger partial charge in [-0.05, 0) is 18.2 Å². The molecule has 0 unspecified atom stereocenters. The predicted octanol–water partition coefficient (Wildman–Crippen LogP) is 1.42. The lowest BCUT2D eigenvalue weighted by Crippen LogP contribution is -2.25. The SMILES string of the molecule is C=Cc1cccc(N(C)N)c1OCc1ccco1.NNC=O. The molecule has 0 fully saturated rings. The summed E-state index contributed by atoms with van der Waals surface area (Å²) in [7, 11) is 1.77. The molecule has 0 spiro atoms. The highest BCUT2D eigenvalue weighted by molar-refractivity contribution is 5.68. The molecule has 0 saturated heterocycles. The van der Waals surface area contributed by atoms with Gasteiger partial charge in [0.15, 0.2) is 5.75 Å². The van der Waals surface area contributed by atoms with E-state index in [9.17, 15) is 0 Å². The quantitative estimate of drug-likeness (QED) is 0.322. The lowest BCUT2D eigenvalue weighted by Gasteiger charge is -2.18. The van der Waals surface area contributed by atoms with Crippen molar-refractivity contribution in [2.45, 2.75) is 6.61 Å². The molecule has 118 valence electrons. The van der Waals surface area contributed by atoms with Crippen molar-refractivity contribution in [2.75, 3.05) is 12.1 Å². The number of ether oxygens (including phenoxy) is 1. The van der Waals surface area contributed by atoms with Gasteiger partial charge in [-0.2, -0.15) is 0 Å². The van der Waals surface area contributed by atoms with E-state index in [1.54, 1.807) is 24.8 Å². The Morgan fingerprint density at radius 1 is 1.41 bits per heavy atom. The van der Waals surface area contributed by atoms with Gasteiger partial charge in [-0.25, -0.2) is 11.7 Å². The minimum Gasteiger partial charge on any atom is -0.483 e. The van der Waals surface area contributed by atoms with Crippen LogP contribution in [-0.4, -0.2) is 13.5 Å². The summed E-state index contributed by atoms with van der Waals surface area (Å²) in [6.07, 6.45) is 3.76. The molecule has 2 rings (SSSR count). The van der Waals surface area contributed by atoms with Crippen LogP contribution in [0.4, 0.5) is 5.69 Å². The van der Waals surface area contributed by atoms with E-state index in [1.807, 2.05) is 30.3 Å². The molecule has 0 atom stereocenters. The second-order valence-corrected chi connectivity index (χ2v) is 4.16. The first-order chi connectivity index (χ1) is 10.6. The summed E-state index contributed by atoms with van der Waals surface area (Å²) in [6.45, 7) is 4.13. The maximum atomic E-state index is 8.94. The molecule has 5 N–H and O–H groups in total. The van der Waals surface area contributed by atoms with Gasteiger partial charge in [-0.1, -0.05) is 24.8 Å². The van der Waals surface area contributed by atoms with E-state index in [2.05, 4.69) is 12.4 Å². The number of benzene rings is 1. The number of carbonyl (C=O) groups excluding carboxylic acids is 1. The molecular weight excluding hydrogens is 284 g/mol. The number of nitrogens with zero attached hydrogens (tertiary/aromatic N) is 1. The van der Waals surface area contributed by atoms with E-state index in [0.717, 1.165) is 17.0 Å². The fourth-order valence-corrected chi connectivity index (χ4v) is 1.68. The number of hydrogen-bond acceptors (Lipinski definition) is 6. The molecule has 0 radical (unpaired) electrons. The molecule has 7 heteroatoms. The number of hydrogen-bond donors (Lipinski definition) is 3. The van der Waals surface area contributed by atoms with Crippen molar-refractivity contribution in [3.05, 3.63) is 54.5 Å². The smallest absolute Gasteiger partial charge is 0.221 e. The second kappa shape index (κ2) is 9.22. The van der Waals surface area contributed by atoms with Gasteiger partial charge in [-0.15, -0.1) is 0 Å². The summed E-state index contributed by atoms with van der Waals surface area (Å²) in [4.78, 5) is 8.94. The average molecular weight is 304 g/mol. The minimum absolute atomic E-state index is 0.360. The van der Waals surface area contributed by atoms with Gasteiger partial charge in [0.2, 0.25) is 6.41 Å². The van der Waals surface area contributed by atoms with Crippen LogP contribution in [0.5, 0.6) is 5.75 Å². The molecule has 0 aliphatic carbocycles. The van der Waals surface area contributed by atoms with Crippen molar-refractivity contribution < 1.29 is 13.9 Å². The van der Waals surface area contributed by atoms with E-state index in [4.69, 9.17) is 19.8 Å². The van der Waals surface area contributed by atoms with E-state index in [1.165, 1.54) is 5.01 Å². The first-order valence-corrected chi connectivity index (χ1v) is 6.42. The molecule has 2 aromatic rings. The molecule has 1 heterocycles. The van der Waals surface area contributed by atoms with Crippen molar-refractivity contribution in [3.8, 4) is 5.75 Å². The summed E-state index contributed by atoms with van der Waals surface area (Å²) >= 11 is 0. The molecule has 22 heavy (non-hydrogen) atoms. The molecule has 0 bridgehead atoms. The van der Waals surface area contributed by atoms with Crippen LogP contribution in [-0.2, 0) is 11.4 Å². The third-order valence-electron chi connectivity index (χ3n) is 2.63. The lowest BCUT2D eigenvalue weighted by atomic mass is 10.1. The molecule has 0 aliphatic rings. The maximum Gasteiger partial charge on any atom is 0.221 e. The summed E-state index contributed by atoms with van der Waals surface area (Å²) < 4.78 is 11.0. The summed E-state index contributed by atoms with van der Waals surface area (Å²) in [5.74, 6) is 11.7. The van der Waals surface area contributed by atoms with E-state index < -0.39 is 0 Å². The summed E-state index contributed by atoms with van der Waals surface area (Å²) in [5, 5.41) is 1.52. The van der Waals surface area contributed by atoms with Crippen molar-refractivity contribution in [2.24, 2.45) is 11.7 Å². The Kier molecular flexibility index (Phi) is 7.24. The molecule has 0 aliphatic heterocycles. The second-order valence-electron chi connectivity index (χ2n) is 4.16. The third-order valence-corrected chi connectivity index (χ3v) is 2.63. The maximum absolute atomic E-state index is 8.94. The fraction of sp³-hybridized carbons (Fsp3) is 0.133. The van der Waals surface area contributed by atoms with Gasteiger partial charge in [-0.3, -0.25) is 10.2 Å².